The van der Waals surface area contributed by atoms with E-state index in [0.717, 1.165) is 12.1 Å². The summed E-state index contributed by atoms with van der Waals surface area (Å²) in [5.41, 5.74) is -6.34. The van der Waals surface area contributed by atoms with E-state index in [2.05, 4.69) is 4.74 Å². The van der Waals surface area contributed by atoms with Crippen LogP contribution < -0.4 is 9.47 Å². The van der Waals surface area contributed by atoms with Crippen LogP contribution in [-0.2, 0) is 4.79 Å². The number of carbonyl (C=O) groups is 1. The molecule has 2 aromatic rings. The molecule has 0 radical (unpaired) electrons. The van der Waals surface area contributed by atoms with Gasteiger partial charge in [0.05, 0.1) is 7.11 Å². The van der Waals surface area contributed by atoms with E-state index in [1.807, 2.05) is 0 Å². The number of nitrogens with zero attached hydrogens (tertiary/aromatic N) is 1. The summed E-state index contributed by atoms with van der Waals surface area (Å²) in [6.45, 7) is 0. The van der Waals surface area contributed by atoms with E-state index in [9.17, 15) is 57.5 Å². The fraction of sp³-hybridized carbons (Fsp3) is 0.316. The van der Waals surface area contributed by atoms with Crippen LogP contribution in [0.4, 0.5) is 52.7 Å². The summed E-state index contributed by atoms with van der Waals surface area (Å²) in [4.78, 5) is 7.78. The minimum absolute atomic E-state index is 0.292. The smallest absolute Gasteiger partial charge is 0.472 e. The van der Waals surface area contributed by atoms with Gasteiger partial charge in [-0.25, -0.2) is 9.18 Å². The normalized spacial score (nSPS) is 15.0. The summed E-state index contributed by atoms with van der Waals surface area (Å²) in [6.07, 6.45) is -21.8. The third-order valence-corrected chi connectivity index (χ3v) is 4.36. The Balaban J connectivity index is 2.44. The molecule has 0 amide bonds. The number of carbonyl (C=O) groups excluding carboxylic acids is 1. The molecule has 0 aromatic heterocycles. The topological polar surface area (TPSA) is 38.8 Å². The Morgan fingerprint density at radius 2 is 1.03 bits per heavy atom. The highest BCUT2D eigenvalue weighted by molar-refractivity contribution is 5.84. The van der Waals surface area contributed by atoms with Crippen LogP contribution in [0.5, 0.6) is 11.5 Å². The van der Waals surface area contributed by atoms with E-state index >= 15 is 0 Å². The van der Waals surface area contributed by atoms with Crippen LogP contribution in [0, 0.1) is 0 Å². The lowest BCUT2D eigenvalue weighted by molar-refractivity contribution is -0.469. The average molecular weight is 529 g/mol. The third kappa shape index (κ3) is 5.41. The van der Waals surface area contributed by atoms with Crippen molar-refractivity contribution in [2.45, 2.75) is 30.5 Å². The van der Waals surface area contributed by atoms with Crippen molar-refractivity contribution in [2.24, 2.45) is 0 Å². The first-order valence-corrected chi connectivity index (χ1v) is 8.81. The SMILES string of the molecule is COc1ccc(-c2ccc(OC(=O)[C@](F)(C(F)(F)F)C(F)(F)N(C(F)(F)F)C(F)(F)F)cc2)cc1. The Bertz CT molecular complexity index is 1020. The molecule has 0 saturated carbocycles. The summed E-state index contributed by atoms with van der Waals surface area (Å²) in [5, 5.41) is 0. The van der Waals surface area contributed by atoms with Crippen LogP contribution in [0.3, 0.4) is 0 Å². The molecule has 0 aliphatic rings. The molecule has 0 N–H and O–H groups in total. The summed E-state index contributed by atoms with van der Waals surface area (Å²) in [5.74, 6) is -4.40. The fourth-order valence-corrected chi connectivity index (χ4v) is 2.70. The predicted octanol–water partition coefficient (Wildman–Crippen LogP) is 6.47. The molecule has 194 valence electrons. The van der Waals surface area contributed by atoms with Gasteiger partial charge < -0.3 is 9.47 Å². The molecule has 0 unspecified atom stereocenters. The standard InChI is InChI=1S/C19H11F12NO3/c1-34-12-6-2-10(3-7-12)11-4-8-13(9-5-11)35-14(33)15(20,16(21,22)23)17(24,25)32(18(26,27)28)19(29,30)31/h2-9H,1H3/t15-/m0/s1. The molecule has 4 nitrogen and oxygen atoms in total. The third-order valence-electron chi connectivity index (χ3n) is 4.36. The second-order valence-corrected chi connectivity index (χ2v) is 6.61. The highest BCUT2D eigenvalue weighted by Gasteiger charge is 2.85. The van der Waals surface area contributed by atoms with Gasteiger partial charge in [0.15, 0.2) is 0 Å². The summed E-state index contributed by atoms with van der Waals surface area (Å²) >= 11 is 0. The molecule has 0 aliphatic carbocycles. The first-order chi connectivity index (χ1) is 15.8. The van der Waals surface area contributed by atoms with E-state index in [4.69, 9.17) is 4.74 Å². The van der Waals surface area contributed by atoms with E-state index in [-0.39, 0.29) is 0 Å². The Morgan fingerprint density at radius 3 is 1.34 bits per heavy atom. The van der Waals surface area contributed by atoms with Gasteiger partial charge in [-0.3, -0.25) is 0 Å². The zero-order valence-electron chi connectivity index (χ0n) is 16.8. The zero-order chi connectivity index (χ0) is 27.0. The molecule has 0 spiro atoms. The van der Waals surface area contributed by atoms with Crippen LogP contribution in [0.2, 0.25) is 0 Å². The predicted molar refractivity (Wildman–Crippen MR) is 92.9 cm³/mol. The van der Waals surface area contributed by atoms with Gasteiger partial charge in [0.2, 0.25) is 0 Å². The number of alkyl halides is 12. The lowest BCUT2D eigenvalue weighted by Gasteiger charge is -2.40. The van der Waals surface area contributed by atoms with E-state index in [1.54, 1.807) is 0 Å². The zero-order valence-corrected chi connectivity index (χ0v) is 16.8. The molecule has 0 bridgehead atoms. The van der Waals surface area contributed by atoms with Gasteiger partial charge in [0.25, 0.3) is 0 Å². The number of hydrogen-bond acceptors (Lipinski definition) is 4. The number of ether oxygens (including phenoxy) is 2. The van der Waals surface area contributed by atoms with Crippen molar-refractivity contribution in [1.29, 1.82) is 0 Å². The van der Waals surface area contributed by atoms with Crippen molar-refractivity contribution in [3.8, 4) is 22.6 Å². The van der Waals surface area contributed by atoms with Gasteiger partial charge in [-0.2, -0.15) is 48.3 Å². The van der Waals surface area contributed by atoms with Crippen LogP contribution in [0.1, 0.15) is 0 Å². The fourth-order valence-electron chi connectivity index (χ4n) is 2.70. The second kappa shape index (κ2) is 9.13. The minimum Gasteiger partial charge on any atom is -0.497 e. The first-order valence-electron chi connectivity index (χ1n) is 8.81. The Kier molecular flexibility index (Phi) is 7.32. The number of benzene rings is 2. The average Bonchev–Trinajstić information content (AvgIpc) is 2.70. The lowest BCUT2D eigenvalue weighted by Crippen LogP contribution is -2.73. The summed E-state index contributed by atoms with van der Waals surface area (Å²) in [6, 6.07) is 1.82. The van der Waals surface area contributed by atoms with Gasteiger partial charge in [0.1, 0.15) is 11.5 Å². The number of rotatable bonds is 6. The van der Waals surface area contributed by atoms with Gasteiger partial charge in [-0.1, -0.05) is 29.2 Å². The summed E-state index contributed by atoms with van der Waals surface area (Å²) in [7, 11) is 1.37. The van der Waals surface area contributed by atoms with Gasteiger partial charge in [-0.15, -0.1) is 0 Å². The Labute approximate surface area is 187 Å². The van der Waals surface area contributed by atoms with Crippen LogP contribution in [-0.4, -0.2) is 48.5 Å². The van der Waals surface area contributed by atoms with Crippen molar-refractivity contribution in [2.75, 3.05) is 7.11 Å². The number of methoxy groups -OCH3 is 1. The highest BCUT2D eigenvalue weighted by atomic mass is 19.4. The lowest BCUT2D eigenvalue weighted by atomic mass is 10.0. The molecule has 0 fully saturated rings. The summed E-state index contributed by atoms with van der Waals surface area (Å²) < 4.78 is 166. The van der Waals surface area contributed by atoms with Crippen LogP contribution >= 0.6 is 0 Å². The largest absolute Gasteiger partial charge is 0.497 e. The van der Waals surface area contributed by atoms with Gasteiger partial charge >= 0.3 is 36.5 Å². The number of halogens is 12. The van der Waals surface area contributed by atoms with Crippen molar-refractivity contribution in [3.63, 3.8) is 0 Å². The van der Waals surface area contributed by atoms with Gasteiger partial charge in [0, 0.05) is 0 Å². The molecule has 16 heteroatoms. The number of esters is 1. The molecule has 35 heavy (non-hydrogen) atoms. The molecule has 0 saturated heterocycles. The first kappa shape index (κ1) is 28.1. The Morgan fingerprint density at radius 1 is 0.657 bits per heavy atom. The molecule has 2 rings (SSSR count). The second-order valence-electron chi connectivity index (χ2n) is 6.61. The van der Waals surface area contributed by atoms with Crippen LogP contribution in [0.25, 0.3) is 11.1 Å². The Hall–Kier alpha value is -3.17. The minimum atomic E-state index is -7.55. The van der Waals surface area contributed by atoms with Crippen molar-refractivity contribution in [3.05, 3.63) is 48.5 Å². The molecular weight excluding hydrogens is 518 g/mol. The molecule has 0 aliphatic heterocycles. The van der Waals surface area contributed by atoms with Crippen molar-refractivity contribution < 1.29 is 67.0 Å². The quantitative estimate of drug-likeness (QED) is 0.186. The van der Waals surface area contributed by atoms with Crippen molar-refractivity contribution >= 4 is 5.97 Å². The maximum Gasteiger partial charge on any atom is 0.472 e. The molecule has 2 aromatic carbocycles. The monoisotopic (exact) mass is 529 g/mol. The maximum atomic E-state index is 14.5. The molecule has 1 atom stereocenters. The van der Waals surface area contributed by atoms with Gasteiger partial charge in [-0.05, 0) is 35.4 Å². The van der Waals surface area contributed by atoms with E-state index < -0.39 is 47.1 Å². The highest BCUT2D eigenvalue weighted by Crippen LogP contribution is 2.53. The maximum absolute atomic E-state index is 14.5. The number of hydrogen-bond donors (Lipinski definition) is 0. The van der Waals surface area contributed by atoms with Crippen LogP contribution in [0.15, 0.2) is 48.5 Å². The van der Waals surface area contributed by atoms with Crippen molar-refractivity contribution in [1.82, 2.24) is 4.90 Å². The van der Waals surface area contributed by atoms with E-state index in [1.165, 1.54) is 31.4 Å². The molecule has 0 heterocycles. The molecular formula is C19H11F12NO3. The van der Waals surface area contributed by atoms with E-state index in [0.29, 0.717) is 29.0 Å².